The molecule has 1 fully saturated rings. The predicted molar refractivity (Wildman–Crippen MR) is 121 cm³/mol. The maximum Gasteiger partial charge on any atom is 0.254 e. The summed E-state index contributed by atoms with van der Waals surface area (Å²) >= 11 is 7.44. The van der Waals surface area contributed by atoms with Gasteiger partial charge >= 0.3 is 0 Å². The molecular formula is C22H21ClFN5O2S. The highest BCUT2D eigenvalue weighted by atomic mass is 35.5. The molecule has 0 spiro atoms. The fourth-order valence-electron chi connectivity index (χ4n) is 3.23. The zero-order chi connectivity index (χ0) is 22.7. The molecule has 0 unspecified atom stereocenters. The first kappa shape index (κ1) is 22.3. The summed E-state index contributed by atoms with van der Waals surface area (Å²) in [4.78, 5) is 27.2. The monoisotopic (exact) mass is 473 g/mol. The Morgan fingerprint density at radius 3 is 2.75 bits per heavy atom. The maximum absolute atomic E-state index is 14.3. The molecule has 7 nitrogen and oxygen atoms in total. The van der Waals surface area contributed by atoms with E-state index in [9.17, 15) is 14.0 Å². The topological polar surface area (TPSA) is 80.1 Å². The van der Waals surface area contributed by atoms with Gasteiger partial charge in [-0.15, -0.1) is 10.2 Å². The van der Waals surface area contributed by atoms with Crippen molar-refractivity contribution in [3.63, 3.8) is 0 Å². The Labute approximate surface area is 194 Å². The van der Waals surface area contributed by atoms with Gasteiger partial charge in [0.25, 0.3) is 5.91 Å². The number of anilines is 1. The number of aromatic nitrogens is 3. The summed E-state index contributed by atoms with van der Waals surface area (Å²) in [5.74, 6) is -0.724. The highest BCUT2D eigenvalue weighted by Crippen LogP contribution is 2.32. The normalized spacial score (nSPS) is 13.1. The zero-order valence-corrected chi connectivity index (χ0v) is 18.9. The van der Waals surface area contributed by atoms with Crippen molar-refractivity contribution in [2.24, 2.45) is 7.05 Å². The van der Waals surface area contributed by atoms with Gasteiger partial charge in [-0.25, -0.2) is 4.39 Å². The maximum atomic E-state index is 14.3. The van der Waals surface area contributed by atoms with E-state index in [1.54, 1.807) is 59.2 Å². The lowest BCUT2D eigenvalue weighted by Crippen LogP contribution is -2.33. The van der Waals surface area contributed by atoms with Crippen LogP contribution < -0.4 is 5.32 Å². The van der Waals surface area contributed by atoms with Crippen LogP contribution in [0.1, 0.15) is 28.8 Å². The number of aryl methyl sites for hydroxylation is 1. The molecule has 4 rings (SSSR count). The van der Waals surface area contributed by atoms with Crippen molar-refractivity contribution >= 4 is 40.9 Å². The molecule has 3 aromatic rings. The van der Waals surface area contributed by atoms with Gasteiger partial charge in [0.1, 0.15) is 12.1 Å². The molecule has 2 aromatic carbocycles. The summed E-state index contributed by atoms with van der Waals surface area (Å²) in [6.45, 7) is 0.0972. The van der Waals surface area contributed by atoms with Crippen LogP contribution in [-0.4, -0.2) is 43.3 Å². The quantitative estimate of drug-likeness (QED) is 0.497. The first-order chi connectivity index (χ1) is 15.4. The van der Waals surface area contributed by atoms with Gasteiger partial charge in [-0.3, -0.25) is 9.59 Å². The highest BCUT2D eigenvalue weighted by Gasteiger charge is 2.34. The number of hydrogen-bond donors (Lipinski definition) is 1. The lowest BCUT2D eigenvalue weighted by Gasteiger charge is -2.24. The molecule has 10 heteroatoms. The van der Waals surface area contributed by atoms with Crippen LogP contribution in [0.2, 0.25) is 5.02 Å². The molecule has 2 amide bonds. The summed E-state index contributed by atoms with van der Waals surface area (Å²) in [5.41, 5.74) is 1.24. The second-order valence-electron chi connectivity index (χ2n) is 7.51. The fraction of sp³-hybridized carbons (Fsp3) is 0.273. The molecule has 1 aliphatic carbocycles. The van der Waals surface area contributed by atoms with Gasteiger partial charge in [0, 0.05) is 34.9 Å². The zero-order valence-electron chi connectivity index (χ0n) is 17.3. The van der Waals surface area contributed by atoms with Crippen LogP contribution in [0.15, 0.2) is 53.9 Å². The minimum Gasteiger partial charge on any atom is -0.331 e. The Balaban J connectivity index is 1.44. The summed E-state index contributed by atoms with van der Waals surface area (Å²) < 4.78 is 16.0. The third-order valence-electron chi connectivity index (χ3n) is 5.03. The van der Waals surface area contributed by atoms with Crippen LogP contribution >= 0.6 is 23.4 Å². The van der Waals surface area contributed by atoms with Crippen LogP contribution in [0.25, 0.3) is 0 Å². The van der Waals surface area contributed by atoms with E-state index in [2.05, 4.69) is 15.5 Å². The van der Waals surface area contributed by atoms with E-state index >= 15 is 0 Å². The van der Waals surface area contributed by atoms with Crippen molar-refractivity contribution in [1.82, 2.24) is 19.7 Å². The van der Waals surface area contributed by atoms with E-state index in [1.165, 1.54) is 17.8 Å². The van der Waals surface area contributed by atoms with Crippen molar-refractivity contribution in [2.75, 3.05) is 11.1 Å². The van der Waals surface area contributed by atoms with E-state index in [-0.39, 0.29) is 30.2 Å². The number of amides is 2. The van der Waals surface area contributed by atoms with E-state index in [0.717, 1.165) is 12.8 Å². The Morgan fingerprint density at radius 2 is 2.06 bits per heavy atom. The van der Waals surface area contributed by atoms with Gasteiger partial charge in [0.15, 0.2) is 5.16 Å². The lowest BCUT2D eigenvalue weighted by molar-refractivity contribution is -0.113. The van der Waals surface area contributed by atoms with Gasteiger partial charge in [-0.1, -0.05) is 35.5 Å². The Bertz CT molecular complexity index is 1130. The molecule has 0 aliphatic heterocycles. The molecule has 166 valence electrons. The van der Waals surface area contributed by atoms with Crippen molar-refractivity contribution in [1.29, 1.82) is 0 Å². The number of thioether (sulfide) groups is 1. The van der Waals surface area contributed by atoms with Gasteiger partial charge in [-0.2, -0.15) is 0 Å². The number of nitrogens with zero attached hydrogens (tertiary/aromatic N) is 4. The molecular weight excluding hydrogens is 453 g/mol. The van der Waals surface area contributed by atoms with Crippen molar-refractivity contribution in [3.05, 3.63) is 70.8 Å². The Kier molecular flexibility index (Phi) is 6.76. The van der Waals surface area contributed by atoms with E-state index < -0.39 is 5.82 Å². The third-order valence-corrected chi connectivity index (χ3v) is 6.42. The molecule has 32 heavy (non-hydrogen) atoms. The first-order valence-electron chi connectivity index (χ1n) is 10.0. The van der Waals surface area contributed by atoms with Crippen LogP contribution in [0.4, 0.5) is 10.1 Å². The SMILES string of the molecule is Cn1cnnc1SCC(=O)Nc1cccc(C(=O)N(Cc2c(F)cccc2Cl)C2CC2)c1. The van der Waals surface area contributed by atoms with Gasteiger partial charge in [0.05, 0.1) is 12.3 Å². The highest BCUT2D eigenvalue weighted by molar-refractivity contribution is 7.99. The van der Waals surface area contributed by atoms with Crippen molar-refractivity contribution < 1.29 is 14.0 Å². The molecule has 1 aromatic heterocycles. The predicted octanol–water partition coefficient (Wildman–Crippen LogP) is 4.14. The van der Waals surface area contributed by atoms with Crippen LogP contribution in [0.5, 0.6) is 0 Å². The standard InChI is InChI=1S/C22H21ClFN5O2S/c1-28-13-25-27-22(28)32-12-20(30)26-15-5-2-4-14(10-15)21(31)29(16-8-9-16)11-17-18(23)6-3-7-19(17)24/h2-7,10,13,16H,8-9,11-12H2,1H3,(H,26,30). The Morgan fingerprint density at radius 1 is 1.28 bits per heavy atom. The summed E-state index contributed by atoms with van der Waals surface area (Å²) in [6.07, 6.45) is 3.30. The van der Waals surface area contributed by atoms with Crippen LogP contribution in [0, 0.1) is 5.82 Å². The average molecular weight is 474 g/mol. The molecule has 0 bridgehead atoms. The first-order valence-corrected chi connectivity index (χ1v) is 11.4. The number of carbonyl (C=O) groups is 2. The van der Waals surface area contributed by atoms with E-state index in [0.29, 0.717) is 27.0 Å². The summed E-state index contributed by atoms with van der Waals surface area (Å²) in [6, 6.07) is 11.3. The smallest absolute Gasteiger partial charge is 0.254 e. The van der Waals surface area contributed by atoms with Crippen molar-refractivity contribution in [3.8, 4) is 0 Å². The number of hydrogen-bond acceptors (Lipinski definition) is 5. The molecule has 1 heterocycles. The van der Waals surface area contributed by atoms with E-state index in [1.807, 2.05) is 0 Å². The molecule has 0 radical (unpaired) electrons. The summed E-state index contributed by atoms with van der Waals surface area (Å²) in [7, 11) is 1.80. The molecule has 0 atom stereocenters. The summed E-state index contributed by atoms with van der Waals surface area (Å²) in [5, 5.41) is 11.4. The minimum absolute atomic E-state index is 0.0548. The minimum atomic E-state index is -0.433. The largest absolute Gasteiger partial charge is 0.331 e. The number of carbonyl (C=O) groups excluding carboxylic acids is 2. The van der Waals surface area contributed by atoms with Gasteiger partial charge in [-0.05, 0) is 43.2 Å². The molecule has 1 saturated carbocycles. The second kappa shape index (κ2) is 9.70. The number of nitrogens with one attached hydrogen (secondary N) is 1. The number of benzene rings is 2. The fourth-order valence-corrected chi connectivity index (χ4v) is 4.14. The third kappa shape index (κ3) is 5.28. The van der Waals surface area contributed by atoms with Gasteiger partial charge < -0.3 is 14.8 Å². The lowest BCUT2D eigenvalue weighted by atomic mass is 10.1. The van der Waals surface area contributed by atoms with E-state index in [4.69, 9.17) is 11.6 Å². The average Bonchev–Trinajstić information content (AvgIpc) is 3.53. The van der Waals surface area contributed by atoms with Crippen molar-refractivity contribution in [2.45, 2.75) is 30.6 Å². The second-order valence-corrected chi connectivity index (χ2v) is 8.86. The molecule has 0 saturated heterocycles. The van der Waals surface area contributed by atoms with Crippen LogP contribution in [-0.2, 0) is 18.4 Å². The Hall–Kier alpha value is -2.91. The van der Waals surface area contributed by atoms with Crippen LogP contribution in [0.3, 0.4) is 0 Å². The molecule has 1 aliphatic rings. The molecule has 1 N–H and O–H groups in total. The van der Waals surface area contributed by atoms with Gasteiger partial charge in [0.2, 0.25) is 5.91 Å². The number of rotatable bonds is 8. The number of halogens is 2.